The minimum Gasteiger partial charge on any atom is -0.493 e. The van der Waals surface area contributed by atoms with Crippen molar-refractivity contribution in [3.63, 3.8) is 0 Å². The number of carbonyl (C=O) groups excluding carboxylic acids is 1. The Kier molecular flexibility index (Phi) is 8.81. The second-order valence-electron chi connectivity index (χ2n) is 8.20. The van der Waals surface area contributed by atoms with Crippen LogP contribution in [0, 0.1) is 5.41 Å². The standard InChI is InChI=1S/C26H28ClN5O5/c1-32(2)19-10-16(24(22(12-19)36-3)37-14-23(33)34)13-30-21-9-6-17(27)11-20(21)26(35)31-18-7-4-15(5-8-18)25(28)29/h4-12,30H,13-14H2,1-3H3,(H3,28,29)(H,31,35)(H,33,34). The largest absolute Gasteiger partial charge is 0.493 e. The number of nitrogens with zero attached hydrogens (tertiary/aromatic N) is 1. The Morgan fingerprint density at radius 2 is 1.81 bits per heavy atom. The number of amidine groups is 1. The lowest BCUT2D eigenvalue weighted by Crippen LogP contribution is -2.17. The first kappa shape index (κ1) is 27.2. The number of benzene rings is 3. The molecule has 0 unspecified atom stereocenters. The van der Waals surface area contributed by atoms with Gasteiger partial charge in [0, 0.05) is 59.9 Å². The Labute approximate surface area is 219 Å². The van der Waals surface area contributed by atoms with Gasteiger partial charge in [0.1, 0.15) is 5.84 Å². The lowest BCUT2D eigenvalue weighted by atomic mass is 10.1. The Balaban J connectivity index is 1.89. The highest BCUT2D eigenvalue weighted by molar-refractivity contribution is 6.31. The third-order valence-electron chi connectivity index (χ3n) is 5.34. The van der Waals surface area contributed by atoms with E-state index in [0.29, 0.717) is 38.8 Å². The van der Waals surface area contributed by atoms with E-state index in [9.17, 15) is 9.59 Å². The van der Waals surface area contributed by atoms with Gasteiger partial charge in [-0.25, -0.2) is 4.79 Å². The van der Waals surface area contributed by atoms with Crippen molar-refractivity contribution in [3.05, 3.63) is 76.3 Å². The van der Waals surface area contributed by atoms with E-state index in [4.69, 9.17) is 37.3 Å². The fourth-order valence-corrected chi connectivity index (χ4v) is 3.64. The maximum absolute atomic E-state index is 13.1. The number of hydrogen-bond donors (Lipinski definition) is 5. The lowest BCUT2D eigenvalue weighted by Gasteiger charge is -2.21. The number of nitrogens with one attached hydrogen (secondary N) is 3. The van der Waals surface area contributed by atoms with Gasteiger partial charge in [0.05, 0.1) is 12.7 Å². The average molecular weight is 526 g/mol. The number of aliphatic carboxylic acids is 1. The smallest absolute Gasteiger partial charge is 0.341 e. The van der Waals surface area contributed by atoms with E-state index < -0.39 is 18.5 Å². The van der Waals surface area contributed by atoms with Crippen molar-refractivity contribution in [2.24, 2.45) is 5.73 Å². The first-order valence-corrected chi connectivity index (χ1v) is 11.5. The van der Waals surface area contributed by atoms with Crippen molar-refractivity contribution in [1.82, 2.24) is 0 Å². The van der Waals surface area contributed by atoms with E-state index >= 15 is 0 Å². The number of carboxylic acids is 1. The molecule has 3 aromatic rings. The molecule has 37 heavy (non-hydrogen) atoms. The van der Waals surface area contributed by atoms with Crippen LogP contribution >= 0.6 is 11.6 Å². The van der Waals surface area contributed by atoms with E-state index in [0.717, 1.165) is 5.69 Å². The highest BCUT2D eigenvalue weighted by atomic mass is 35.5. The summed E-state index contributed by atoms with van der Waals surface area (Å²) in [5.41, 5.74) is 8.80. The first-order valence-electron chi connectivity index (χ1n) is 11.1. The minimum absolute atomic E-state index is 0.0686. The summed E-state index contributed by atoms with van der Waals surface area (Å²) in [6.45, 7) is -0.343. The van der Waals surface area contributed by atoms with E-state index in [1.54, 1.807) is 48.5 Å². The van der Waals surface area contributed by atoms with Crippen LogP contribution in [-0.2, 0) is 11.3 Å². The van der Waals surface area contributed by atoms with Crippen molar-refractivity contribution in [1.29, 1.82) is 5.41 Å². The molecule has 1 amide bonds. The third kappa shape index (κ3) is 7.05. The zero-order valence-electron chi connectivity index (χ0n) is 20.6. The zero-order valence-corrected chi connectivity index (χ0v) is 21.3. The molecule has 0 bridgehead atoms. The topological polar surface area (TPSA) is 150 Å². The van der Waals surface area contributed by atoms with Crippen molar-refractivity contribution in [3.8, 4) is 11.5 Å². The molecule has 194 valence electrons. The van der Waals surface area contributed by atoms with Crippen LogP contribution in [0.3, 0.4) is 0 Å². The molecule has 3 rings (SSSR count). The molecule has 0 aliphatic carbocycles. The molecule has 0 spiro atoms. The van der Waals surface area contributed by atoms with Crippen LogP contribution in [0.1, 0.15) is 21.5 Å². The summed E-state index contributed by atoms with van der Waals surface area (Å²) >= 11 is 6.19. The summed E-state index contributed by atoms with van der Waals surface area (Å²) in [5.74, 6) is -0.921. The van der Waals surface area contributed by atoms with Crippen LogP contribution in [0.15, 0.2) is 54.6 Å². The van der Waals surface area contributed by atoms with Crippen molar-refractivity contribution in [2.45, 2.75) is 6.54 Å². The third-order valence-corrected chi connectivity index (χ3v) is 5.58. The quantitative estimate of drug-likeness (QED) is 0.186. The second-order valence-corrected chi connectivity index (χ2v) is 8.64. The summed E-state index contributed by atoms with van der Waals surface area (Å²) in [6, 6.07) is 15.0. The molecule has 0 atom stereocenters. The summed E-state index contributed by atoms with van der Waals surface area (Å²) < 4.78 is 11.0. The molecule has 0 saturated carbocycles. The first-order chi connectivity index (χ1) is 17.6. The van der Waals surface area contributed by atoms with Gasteiger partial charge < -0.3 is 35.8 Å². The molecule has 0 fully saturated rings. The average Bonchev–Trinajstić information content (AvgIpc) is 2.86. The van der Waals surface area contributed by atoms with E-state index in [1.165, 1.54) is 7.11 Å². The number of carbonyl (C=O) groups is 2. The number of halogens is 1. The maximum Gasteiger partial charge on any atom is 0.341 e. The fraction of sp³-hybridized carbons (Fsp3) is 0.192. The van der Waals surface area contributed by atoms with Gasteiger partial charge in [0.25, 0.3) is 5.91 Å². The SMILES string of the molecule is COc1cc(N(C)C)cc(CNc2ccc(Cl)cc2C(=O)Nc2ccc(C(=N)N)cc2)c1OCC(=O)O. The van der Waals surface area contributed by atoms with Gasteiger partial charge in [0.2, 0.25) is 0 Å². The van der Waals surface area contributed by atoms with Crippen LogP contribution in [0.5, 0.6) is 11.5 Å². The maximum atomic E-state index is 13.1. The van der Waals surface area contributed by atoms with Gasteiger partial charge in [-0.1, -0.05) is 11.6 Å². The van der Waals surface area contributed by atoms with E-state index in [1.807, 2.05) is 25.1 Å². The molecule has 0 aliphatic heterocycles. The second kappa shape index (κ2) is 12.0. The van der Waals surface area contributed by atoms with Gasteiger partial charge in [-0.15, -0.1) is 0 Å². The highest BCUT2D eigenvalue weighted by Gasteiger charge is 2.18. The molecule has 0 heterocycles. The molecule has 3 aromatic carbocycles. The van der Waals surface area contributed by atoms with Crippen LogP contribution in [-0.4, -0.2) is 50.6 Å². The predicted octanol–water partition coefficient (Wildman–Crippen LogP) is 4.03. The van der Waals surface area contributed by atoms with Crippen LogP contribution in [0.25, 0.3) is 0 Å². The summed E-state index contributed by atoms with van der Waals surface area (Å²) in [4.78, 5) is 26.1. The number of nitrogen functional groups attached to an aromatic ring is 1. The number of amides is 1. The number of rotatable bonds is 11. The van der Waals surface area contributed by atoms with Gasteiger partial charge >= 0.3 is 5.97 Å². The molecular weight excluding hydrogens is 498 g/mol. The van der Waals surface area contributed by atoms with Crippen LogP contribution < -0.4 is 30.7 Å². The normalized spacial score (nSPS) is 10.4. The van der Waals surface area contributed by atoms with Crippen molar-refractivity contribution < 1.29 is 24.2 Å². The van der Waals surface area contributed by atoms with Crippen LogP contribution in [0.2, 0.25) is 5.02 Å². The zero-order chi connectivity index (χ0) is 27.1. The number of ether oxygens (including phenoxy) is 2. The number of carboxylic acid groups (broad SMARTS) is 1. The Morgan fingerprint density at radius 3 is 2.41 bits per heavy atom. The highest BCUT2D eigenvalue weighted by Crippen LogP contribution is 2.36. The van der Waals surface area contributed by atoms with Crippen molar-refractivity contribution in [2.75, 3.05) is 43.3 Å². The van der Waals surface area contributed by atoms with Gasteiger partial charge in [-0.05, 0) is 48.5 Å². The van der Waals surface area contributed by atoms with Gasteiger partial charge in [0.15, 0.2) is 18.1 Å². The number of nitrogens with two attached hydrogens (primary N) is 1. The monoisotopic (exact) mass is 525 g/mol. The van der Waals surface area contributed by atoms with Crippen molar-refractivity contribution >= 4 is 46.4 Å². The molecule has 0 radical (unpaired) electrons. The lowest BCUT2D eigenvalue weighted by molar-refractivity contribution is -0.139. The molecule has 0 aliphatic rings. The number of methoxy groups -OCH3 is 1. The van der Waals surface area contributed by atoms with E-state index in [-0.39, 0.29) is 18.1 Å². The molecule has 10 nitrogen and oxygen atoms in total. The van der Waals surface area contributed by atoms with Gasteiger partial charge in [-0.2, -0.15) is 0 Å². The number of hydrogen-bond acceptors (Lipinski definition) is 7. The minimum atomic E-state index is -1.12. The molecular formula is C26H28ClN5O5. The summed E-state index contributed by atoms with van der Waals surface area (Å²) in [6.07, 6.45) is 0. The number of anilines is 3. The summed E-state index contributed by atoms with van der Waals surface area (Å²) in [7, 11) is 5.22. The van der Waals surface area contributed by atoms with E-state index in [2.05, 4.69) is 10.6 Å². The molecule has 0 saturated heterocycles. The fourth-order valence-electron chi connectivity index (χ4n) is 3.46. The Bertz CT molecular complexity index is 1310. The predicted molar refractivity (Wildman–Crippen MR) is 145 cm³/mol. The molecule has 0 aromatic heterocycles. The van der Waals surface area contributed by atoms with Crippen LogP contribution in [0.4, 0.5) is 17.1 Å². The molecule has 11 heteroatoms. The Morgan fingerprint density at radius 1 is 1.11 bits per heavy atom. The van der Waals surface area contributed by atoms with Gasteiger partial charge in [-0.3, -0.25) is 10.2 Å². The Hall–Kier alpha value is -4.44. The summed E-state index contributed by atoms with van der Waals surface area (Å²) in [5, 5.41) is 23.0. The molecule has 6 N–H and O–H groups in total.